The number of hydrogen-bond acceptors (Lipinski definition) is 5. The van der Waals surface area contributed by atoms with Crippen molar-refractivity contribution in [2.75, 3.05) is 6.61 Å². The molecule has 0 amide bonds. The van der Waals surface area contributed by atoms with Crippen LogP contribution in [0.2, 0.25) is 0 Å². The van der Waals surface area contributed by atoms with E-state index in [0.29, 0.717) is 12.2 Å². The fraction of sp³-hybridized carbons (Fsp3) is 0.0800. The minimum atomic E-state index is -0.307. The minimum absolute atomic E-state index is 0.262. The van der Waals surface area contributed by atoms with Crippen molar-refractivity contribution in [3.05, 3.63) is 102 Å². The van der Waals surface area contributed by atoms with E-state index in [0.717, 1.165) is 39.0 Å². The summed E-state index contributed by atoms with van der Waals surface area (Å²) < 4.78 is 11.2. The van der Waals surface area contributed by atoms with Crippen LogP contribution in [-0.2, 0) is 16.1 Å². The first-order valence-electron chi connectivity index (χ1n) is 9.66. The van der Waals surface area contributed by atoms with Gasteiger partial charge < -0.3 is 9.47 Å². The van der Waals surface area contributed by atoms with E-state index in [9.17, 15) is 4.79 Å². The van der Waals surface area contributed by atoms with Crippen molar-refractivity contribution in [1.82, 2.24) is 9.97 Å². The molecule has 0 fully saturated rings. The van der Waals surface area contributed by atoms with E-state index in [1.165, 1.54) is 0 Å². The molecule has 5 nitrogen and oxygen atoms in total. The van der Waals surface area contributed by atoms with E-state index in [1.807, 2.05) is 72.8 Å². The Morgan fingerprint density at radius 3 is 2.50 bits per heavy atom. The highest BCUT2D eigenvalue weighted by Crippen LogP contribution is 2.33. The van der Waals surface area contributed by atoms with Crippen molar-refractivity contribution in [2.45, 2.75) is 6.61 Å². The number of nitrogens with zero attached hydrogens (tertiary/aromatic N) is 2. The molecule has 146 valence electrons. The third kappa shape index (κ3) is 3.53. The Labute approximate surface area is 173 Å². The average molecular weight is 394 g/mol. The number of cyclic esters (lactones) is 1. The van der Waals surface area contributed by atoms with E-state index in [1.54, 1.807) is 12.4 Å². The SMILES string of the molecule is O=C1OCC(c2ccc(OCc3ccc4ccccc4n3)cc2)=C1c1ccncc1. The smallest absolute Gasteiger partial charge is 0.339 e. The summed E-state index contributed by atoms with van der Waals surface area (Å²) in [6.07, 6.45) is 3.34. The molecule has 0 spiro atoms. The van der Waals surface area contributed by atoms with Gasteiger partial charge in [-0.05, 0) is 47.5 Å². The van der Waals surface area contributed by atoms with Gasteiger partial charge in [0.05, 0.1) is 16.8 Å². The standard InChI is InChI=1S/C25H18N2O3/c28-25-24(19-11-13-26-14-12-19)22(16-30-25)17-6-9-21(10-7-17)29-15-20-8-5-18-3-1-2-4-23(18)27-20/h1-14H,15-16H2. The van der Waals surface area contributed by atoms with Crippen molar-refractivity contribution in [2.24, 2.45) is 0 Å². The lowest BCUT2D eigenvalue weighted by Crippen LogP contribution is -1.99. The van der Waals surface area contributed by atoms with Gasteiger partial charge >= 0.3 is 5.97 Å². The second-order valence-electron chi connectivity index (χ2n) is 6.97. The van der Waals surface area contributed by atoms with Gasteiger partial charge in [0.15, 0.2) is 0 Å². The predicted molar refractivity (Wildman–Crippen MR) is 115 cm³/mol. The molecule has 1 aliphatic heterocycles. The Morgan fingerprint density at radius 1 is 0.867 bits per heavy atom. The lowest BCUT2D eigenvalue weighted by Gasteiger charge is -2.09. The Hall–Kier alpha value is -3.99. The molecule has 5 rings (SSSR count). The molecule has 30 heavy (non-hydrogen) atoms. The molecule has 5 heteroatoms. The zero-order valence-corrected chi connectivity index (χ0v) is 16.1. The van der Waals surface area contributed by atoms with Gasteiger partial charge in [-0.15, -0.1) is 0 Å². The van der Waals surface area contributed by atoms with Crippen LogP contribution in [0.5, 0.6) is 5.75 Å². The Morgan fingerprint density at radius 2 is 1.67 bits per heavy atom. The lowest BCUT2D eigenvalue weighted by molar-refractivity contribution is -0.133. The lowest BCUT2D eigenvalue weighted by atomic mass is 9.97. The molecular formula is C25H18N2O3. The van der Waals surface area contributed by atoms with Gasteiger partial charge in [-0.25, -0.2) is 9.78 Å². The molecule has 0 bridgehead atoms. The Kier molecular flexibility index (Phi) is 4.69. The topological polar surface area (TPSA) is 61.3 Å². The molecule has 2 aromatic carbocycles. The molecule has 0 saturated carbocycles. The summed E-state index contributed by atoms with van der Waals surface area (Å²) in [5.41, 5.74) is 5.03. The number of aromatic nitrogens is 2. The van der Waals surface area contributed by atoms with Gasteiger partial charge in [0.25, 0.3) is 0 Å². The number of rotatable bonds is 5. The van der Waals surface area contributed by atoms with Gasteiger partial charge in [-0.1, -0.05) is 36.4 Å². The van der Waals surface area contributed by atoms with E-state index < -0.39 is 0 Å². The van der Waals surface area contributed by atoms with Gasteiger partial charge in [0.2, 0.25) is 0 Å². The highest BCUT2D eigenvalue weighted by molar-refractivity contribution is 6.27. The van der Waals surface area contributed by atoms with Gasteiger partial charge in [0.1, 0.15) is 19.0 Å². The van der Waals surface area contributed by atoms with Gasteiger partial charge in [-0.3, -0.25) is 4.98 Å². The summed E-state index contributed by atoms with van der Waals surface area (Å²) in [4.78, 5) is 20.9. The number of benzene rings is 2. The second kappa shape index (κ2) is 7.79. The van der Waals surface area contributed by atoms with Crippen LogP contribution >= 0.6 is 0 Å². The number of para-hydroxylation sites is 1. The zero-order chi connectivity index (χ0) is 20.3. The van der Waals surface area contributed by atoms with Crippen LogP contribution in [0.15, 0.2) is 85.2 Å². The maximum Gasteiger partial charge on any atom is 0.339 e. The summed E-state index contributed by atoms with van der Waals surface area (Å²) in [6, 6.07) is 23.4. The van der Waals surface area contributed by atoms with E-state index >= 15 is 0 Å². The summed E-state index contributed by atoms with van der Waals surface area (Å²) in [6.45, 7) is 0.647. The van der Waals surface area contributed by atoms with E-state index in [4.69, 9.17) is 9.47 Å². The molecule has 1 aliphatic rings. The largest absolute Gasteiger partial charge is 0.487 e. The molecule has 2 aromatic heterocycles. The normalized spacial score (nSPS) is 13.5. The first-order chi connectivity index (χ1) is 14.8. The maximum atomic E-state index is 12.2. The molecule has 0 aliphatic carbocycles. The summed E-state index contributed by atoms with van der Waals surface area (Å²) in [5.74, 6) is 0.434. The third-order valence-electron chi connectivity index (χ3n) is 5.07. The molecule has 0 unspecified atom stereocenters. The monoisotopic (exact) mass is 394 g/mol. The molecule has 3 heterocycles. The highest BCUT2D eigenvalue weighted by Gasteiger charge is 2.27. The number of carbonyl (C=O) groups is 1. The van der Waals surface area contributed by atoms with Crippen LogP contribution in [0.4, 0.5) is 0 Å². The van der Waals surface area contributed by atoms with Crippen LogP contribution in [0, 0.1) is 0 Å². The number of carbonyl (C=O) groups excluding carboxylic acids is 1. The first-order valence-corrected chi connectivity index (χ1v) is 9.66. The highest BCUT2D eigenvalue weighted by atomic mass is 16.5. The zero-order valence-electron chi connectivity index (χ0n) is 16.1. The minimum Gasteiger partial charge on any atom is -0.487 e. The summed E-state index contributed by atoms with van der Waals surface area (Å²) >= 11 is 0. The number of hydrogen-bond donors (Lipinski definition) is 0. The van der Waals surface area contributed by atoms with Crippen LogP contribution < -0.4 is 4.74 Å². The molecule has 0 N–H and O–H groups in total. The first kappa shape index (κ1) is 18.1. The van der Waals surface area contributed by atoms with Crippen LogP contribution in [0.3, 0.4) is 0 Å². The number of esters is 1. The fourth-order valence-electron chi connectivity index (χ4n) is 3.54. The predicted octanol–water partition coefficient (Wildman–Crippen LogP) is 4.68. The second-order valence-corrected chi connectivity index (χ2v) is 6.97. The van der Waals surface area contributed by atoms with Crippen LogP contribution in [-0.4, -0.2) is 22.5 Å². The molecular weight excluding hydrogens is 376 g/mol. The van der Waals surface area contributed by atoms with Crippen molar-refractivity contribution >= 4 is 28.0 Å². The van der Waals surface area contributed by atoms with Gasteiger partial charge in [-0.2, -0.15) is 0 Å². The molecule has 0 saturated heterocycles. The average Bonchev–Trinajstić information content (AvgIpc) is 3.20. The third-order valence-corrected chi connectivity index (χ3v) is 5.07. The van der Waals surface area contributed by atoms with E-state index in [-0.39, 0.29) is 12.6 Å². The van der Waals surface area contributed by atoms with E-state index in [2.05, 4.69) is 9.97 Å². The number of fused-ring (bicyclic) bond motifs is 1. The molecule has 0 atom stereocenters. The summed E-state index contributed by atoms with van der Waals surface area (Å²) in [5, 5.41) is 1.11. The summed E-state index contributed by atoms with van der Waals surface area (Å²) in [7, 11) is 0. The Balaban J connectivity index is 1.35. The van der Waals surface area contributed by atoms with Gasteiger partial charge in [0, 0.05) is 23.4 Å². The van der Waals surface area contributed by atoms with Crippen LogP contribution in [0.1, 0.15) is 16.8 Å². The fourth-order valence-corrected chi connectivity index (χ4v) is 3.54. The van der Waals surface area contributed by atoms with Crippen molar-refractivity contribution in [3.8, 4) is 5.75 Å². The maximum absolute atomic E-state index is 12.2. The Bertz CT molecular complexity index is 1250. The van der Waals surface area contributed by atoms with Crippen molar-refractivity contribution in [1.29, 1.82) is 0 Å². The molecule has 4 aromatic rings. The molecule has 0 radical (unpaired) electrons. The van der Waals surface area contributed by atoms with Crippen molar-refractivity contribution < 1.29 is 14.3 Å². The quantitative estimate of drug-likeness (QED) is 0.460. The van der Waals surface area contributed by atoms with Crippen LogP contribution in [0.25, 0.3) is 22.0 Å². The number of ether oxygens (including phenoxy) is 2. The van der Waals surface area contributed by atoms with Crippen molar-refractivity contribution in [3.63, 3.8) is 0 Å². The number of pyridine rings is 2.